The number of urea groups is 1. The number of amides is 2. The van der Waals surface area contributed by atoms with Crippen molar-refractivity contribution in [3.63, 3.8) is 0 Å². The second kappa shape index (κ2) is 9.06. The topological polar surface area (TPSA) is 54.5 Å². The number of pyridine rings is 1. The Hall–Kier alpha value is -2.56. The molecule has 2 amide bonds. The molecule has 0 aliphatic carbocycles. The van der Waals surface area contributed by atoms with E-state index in [9.17, 15) is 4.79 Å². The number of aryl methyl sites for hydroxylation is 1. The van der Waals surface area contributed by atoms with Gasteiger partial charge in [-0.05, 0) is 55.7 Å². The Labute approximate surface area is 150 Å². The molecule has 0 saturated heterocycles. The van der Waals surface area contributed by atoms with Gasteiger partial charge in [0.15, 0.2) is 0 Å². The molecule has 5 nitrogen and oxygen atoms in total. The highest BCUT2D eigenvalue weighted by molar-refractivity contribution is 5.74. The second-order valence-electron chi connectivity index (χ2n) is 6.07. The molecule has 5 heteroatoms. The Bertz CT molecular complexity index is 686. The maximum Gasteiger partial charge on any atom is 0.317 e. The Balaban J connectivity index is 1.98. The van der Waals surface area contributed by atoms with Gasteiger partial charge < -0.3 is 15.0 Å². The molecule has 0 aliphatic heterocycles. The molecule has 1 N–H and O–H groups in total. The van der Waals surface area contributed by atoms with Crippen LogP contribution in [-0.4, -0.2) is 29.6 Å². The SMILES string of the molecule is CCOc1ccc(C(CC)NC(=O)N(C)Cc2ccnc(C)c2)cc1. The molecule has 0 aliphatic rings. The zero-order valence-electron chi connectivity index (χ0n) is 15.5. The van der Waals surface area contributed by atoms with Crippen LogP contribution in [0.3, 0.4) is 0 Å². The molecule has 134 valence electrons. The molecule has 0 saturated carbocycles. The molecule has 0 spiro atoms. The second-order valence-corrected chi connectivity index (χ2v) is 6.07. The maximum atomic E-state index is 12.5. The van der Waals surface area contributed by atoms with E-state index >= 15 is 0 Å². The van der Waals surface area contributed by atoms with Crippen molar-refractivity contribution in [2.45, 2.75) is 39.8 Å². The lowest BCUT2D eigenvalue weighted by Crippen LogP contribution is -2.38. The van der Waals surface area contributed by atoms with E-state index in [0.717, 1.165) is 29.0 Å². The van der Waals surface area contributed by atoms with Crippen LogP contribution in [0.25, 0.3) is 0 Å². The predicted octanol–water partition coefficient (Wildman–Crippen LogP) is 4.08. The van der Waals surface area contributed by atoms with E-state index in [1.807, 2.05) is 50.2 Å². The lowest BCUT2D eigenvalue weighted by atomic mass is 10.0. The number of benzene rings is 1. The van der Waals surface area contributed by atoms with Crippen LogP contribution < -0.4 is 10.1 Å². The third-order valence-electron chi connectivity index (χ3n) is 4.03. The first kappa shape index (κ1) is 18.8. The monoisotopic (exact) mass is 341 g/mol. The van der Waals surface area contributed by atoms with Gasteiger partial charge in [-0.2, -0.15) is 0 Å². The molecule has 0 radical (unpaired) electrons. The molecular formula is C20H27N3O2. The standard InChI is InChI=1S/C20H27N3O2/c1-5-19(17-7-9-18(10-8-17)25-6-2)22-20(24)23(4)14-16-11-12-21-15(3)13-16/h7-13,19H,5-6,14H2,1-4H3,(H,22,24). The Morgan fingerprint density at radius 1 is 1.24 bits per heavy atom. The molecule has 1 heterocycles. The van der Waals surface area contributed by atoms with Crippen LogP contribution >= 0.6 is 0 Å². The Kier molecular flexibility index (Phi) is 6.81. The van der Waals surface area contributed by atoms with Gasteiger partial charge in [0.25, 0.3) is 0 Å². The van der Waals surface area contributed by atoms with Gasteiger partial charge in [0.1, 0.15) is 5.75 Å². The van der Waals surface area contributed by atoms with Crippen molar-refractivity contribution in [3.05, 3.63) is 59.4 Å². The number of carbonyl (C=O) groups excluding carboxylic acids is 1. The quantitative estimate of drug-likeness (QED) is 0.825. The number of carbonyl (C=O) groups is 1. The van der Waals surface area contributed by atoms with Crippen molar-refractivity contribution in [1.29, 1.82) is 0 Å². The number of aromatic nitrogens is 1. The van der Waals surface area contributed by atoms with E-state index in [-0.39, 0.29) is 12.1 Å². The molecule has 1 atom stereocenters. The third-order valence-corrected chi connectivity index (χ3v) is 4.03. The van der Waals surface area contributed by atoms with E-state index in [0.29, 0.717) is 13.2 Å². The van der Waals surface area contributed by atoms with Crippen LogP contribution in [-0.2, 0) is 6.54 Å². The van der Waals surface area contributed by atoms with Gasteiger partial charge in [0.2, 0.25) is 0 Å². The summed E-state index contributed by atoms with van der Waals surface area (Å²) >= 11 is 0. The van der Waals surface area contributed by atoms with Gasteiger partial charge in [-0.1, -0.05) is 19.1 Å². The van der Waals surface area contributed by atoms with Crippen LogP contribution in [0.1, 0.15) is 43.1 Å². The first-order valence-electron chi connectivity index (χ1n) is 8.69. The lowest BCUT2D eigenvalue weighted by molar-refractivity contribution is 0.202. The van der Waals surface area contributed by atoms with Crippen LogP contribution in [0.15, 0.2) is 42.6 Å². The van der Waals surface area contributed by atoms with Crippen molar-refractivity contribution in [1.82, 2.24) is 15.2 Å². The smallest absolute Gasteiger partial charge is 0.317 e. The number of hydrogen-bond acceptors (Lipinski definition) is 3. The summed E-state index contributed by atoms with van der Waals surface area (Å²) in [4.78, 5) is 18.4. The number of ether oxygens (including phenoxy) is 1. The average Bonchev–Trinajstić information content (AvgIpc) is 2.60. The molecule has 0 bridgehead atoms. The summed E-state index contributed by atoms with van der Waals surface area (Å²) in [6, 6.07) is 11.7. The van der Waals surface area contributed by atoms with Crippen molar-refractivity contribution < 1.29 is 9.53 Å². The van der Waals surface area contributed by atoms with Gasteiger partial charge in [-0.25, -0.2) is 4.79 Å². The first-order valence-corrected chi connectivity index (χ1v) is 8.69. The summed E-state index contributed by atoms with van der Waals surface area (Å²) in [6.45, 7) is 7.17. The normalized spacial score (nSPS) is 11.7. The molecule has 2 rings (SSSR count). The largest absolute Gasteiger partial charge is 0.494 e. The minimum Gasteiger partial charge on any atom is -0.494 e. The fourth-order valence-electron chi connectivity index (χ4n) is 2.69. The number of hydrogen-bond donors (Lipinski definition) is 1. The predicted molar refractivity (Wildman–Crippen MR) is 99.6 cm³/mol. The van der Waals surface area contributed by atoms with Gasteiger partial charge in [0, 0.05) is 25.5 Å². The number of rotatable bonds is 7. The summed E-state index contributed by atoms with van der Waals surface area (Å²) in [5, 5.41) is 3.10. The molecule has 0 fully saturated rings. The van der Waals surface area contributed by atoms with E-state index in [1.165, 1.54) is 0 Å². The molecule has 1 aromatic carbocycles. The highest BCUT2D eigenvalue weighted by Gasteiger charge is 2.16. The van der Waals surface area contributed by atoms with Gasteiger partial charge in [-0.3, -0.25) is 4.98 Å². The summed E-state index contributed by atoms with van der Waals surface area (Å²) in [6.07, 6.45) is 2.59. The maximum absolute atomic E-state index is 12.5. The molecular weight excluding hydrogens is 314 g/mol. The molecule has 1 aromatic heterocycles. The van der Waals surface area contributed by atoms with Crippen LogP contribution in [0.4, 0.5) is 4.79 Å². The van der Waals surface area contributed by atoms with E-state index in [1.54, 1.807) is 18.1 Å². The third kappa shape index (κ3) is 5.48. The van der Waals surface area contributed by atoms with Crippen LogP contribution in [0.5, 0.6) is 5.75 Å². The number of nitrogens with one attached hydrogen (secondary N) is 1. The van der Waals surface area contributed by atoms with Crippen molar-refractivity contribution in [3.8, 4) is 5.75 Å². The zero-order chi connectivity index (χ0) is 18.2. The van der Waals surface area contributed by atoms with Gasteiger partial charge in [0.05, 0.1) is 12.6 Å². The fraction of sp³-hybridized carbons (Fsp3) is 0.400. The van der Waals surface area contributed by atoms with Crippen molar-refractivity contribution in [2.24, 2.45) is 0 Å². The molecule has 2 aromatic rings. The minimum absolute atomic E-state index is 0.0233. The van der Waals surface area contributed by atoms with Crippen molar-refractivity contribution >= 4 is 6.03 Å². The van der Waals surface area contributed by atoms with Gasteiger partial charge in [-0.15, -0.1) is 0 Å². The fourth-order valence-corrected chi connectivity index (χ4v) is 2.69. The average molecular weight is 341 g/mol. The van der Waals surface area contributed by atoms with Crippen LogP contribution in [0, 0.1) is 6.92 Å². The number of nitrogens with zero attached hydrogens (tertiary/aromatic N) is 2. The summed E-state index contributed by atoms with van der Waals surface area (Å²) in [5.41, 5.74) is 3.10. The zero-order valence-corrected chi connectivity index (χ0v) is 15.5. The van der Waals surface area contributed by atoms with E-state index in [4.69, 9.17) is 4.74 Å². The Morgan fingerprint density at radius 2 is 1.96 bits per heavy atom. The lowest BCUT2D eigenvalue weighted by Gasteiger charge is -2.23. The van der Waals surface area contributed by atoms with Crippen LogP contribution in [0.2, 0.25) is 0 Å². The van der Waals surface area contributed by atoms with Crippen molar-refractivity contribution in [2.75, 3.05) is 13.7 Å². The Morgan fingerprint density at radius 3 is 2.56 bits per heavy atom. The summed E-state index contributed by atoms with van der Waals surface area (Å²) in [5.74, 6) is 0.845. The van der Waals surface area contributed by atoms with E-state index < -0.39 is 0 Å². The highest BCUT2D eigenvalue weighted by Crippen LogP contribution is 2.20. The summed E-state index contributed by atoms with van der Waals surface area (Å²) in [7, 11) is 1.80. The molecule has 25 heavy (non-hydrogen) atoms. The highest BCUT2D eigenvalue weighted by atomic mass is 16.5. The minimum atomic E-state index is -0.0878. The first-order chi connectivity index (χ1) is 12.0. The van der Waals surface area contributed by atoms with Gasteiger partial charge >= 0.3 is 6.03 Å². The summed E-state index contributed by atoms with van der Waals surface area (Å²) < 4.78 is 5.47. The van der Waals surface area contributed by atoms with E-state index in [2.05, 4.69) is 17.2 Å². The molecule has 1 unspecified atom stereocenters.